The molecule has 1 amide bonds. The molecule has 3 N–H and O–H groups in total. The summed E-state index contributed by atoms with van der Waals surface area (Å²) in [6, 6.07) is 2.14. The van der Waals surface area contributed by atoms with E-state index in [9.17, 15) is 14.3 Å². The number of carbonyl (C=O) groups is 1. The molecule has 0 atom stereocenters. The van der Waals surface area contributed by atoms with Crippen molar-refractivity contribution in [3.63, 3.8) is 0 Å². The van der Waals surface area contributed by atoms with Gasteiger partial charge in [0.05, 0.1) is 5.02 Å². The zero-order chi connectivity index (χ0) is 12.6. The minimum atomic E-state index is -0.683. The van der Waals surface area contributed by atoms with Gasteiger partial charge in [-0.05, 0) is 6.07 Å². The monoisotopic (exact) mass is 272 g/mol. The Kier molecular flexibility index (Phi) is 2.99. The van der Waals surface area contributed by atoms with Crippen molar-refractivity contribution < 1.29 is 14.3 Å². The predicted octanol–water partition coefficient (Wildman–Crippen LogP) is 2.41. The number of nitrogens with two attached hydrogens (primary N) is 1. The first-order valence-electron chi connectivity index (χ1n) is 4.42. The third-order valence-electron chi connectivity index (χ3n) is 2.02. The summed E-state index contributed by atoms with van der Waals surface area (Å²) >= 11 is 6.74. The zero-order valence-electron chi connectivity index (χ0n) is 8.28. The molecule has 0 saturated carbocycles. The van der Waals surface area contributed by atoms with Crippen LogP contribution in [0.3, 0.4) is 0 Å². The first-order valence-corrected chi connectivity index (χ1v) is 5.68. The largest absolute Gasteiger partial charge is 0.506 e. The Morgan fingerprint density at radius 3 is 2.82 bits per heavy atom. The van der Waals surface area contributed by atoms with E-state index in [0.717, 1.165) is 17.4 Å². The van der Waals surface area contributed by atoms with Crippen LogP contribution in [0.1, 0.15) is 10.5 Å². The summed E-state index contributed by atoms with van der Waals surface area (Å²) in [4.78, 5) is 14.7. The number of aromatic hydroxyl groups is 1. The summed E-state index contributed by atoms with van der Waals surface area (Å²) in [7, 11) is 0. The second-order valence-corrected chi connectivity index (χ2v) is 4.45. The Morgan fingerprint density at radius 1 is 1.53 bits per heavy atom. The molecule has 4 nitrogen and oxygen atoms in total. The Hall–Kier alpha value is -1.66. The molecule has 0 aliphatic carbocycles. The van der Waals surface area contributed by atoms with Crippen LogP contribution in [0.15, 0.2) is 17.5 Å². The van der Waals surface area contributed by atoms with Crippen LogP contribution in [0.25, 0.3) is 10.6 Å². The number of phenolic OH excluding ortho intramolecular Hbond substituents is 1. The molecule has 0 unspecified atom stereocenters. The lowest BCUT2D eigenvalue weighted by Crippen LogP contribution is -2.10. The number of phenols is 1. The van der Waals surface area contributed by atoms with Crippen LogP contribution in [0, 0.1) is 5.82 Å². The Bertz CT molecular complexity index is 600. The standard InChI is InChI=1S/C10H6ClFN2O2S/c11-5-1-4(6(12)2-8(5)15)10-14-7(3-17-10)9(13)16/h1-3,15H,(H2,13,16). The van der Waals surface area contributed by atoms with Gasteiger partial charge in [-0.2, -0.15) is 0 Å². The highest BCUT2D eigenvalue weighted by Gasteiger charge is 2.14. The number of carbonyl (C=O) groups excluding carboxylic acids is 1. The van der Waals surface area contributed by atoms with Gasteiger partial charge >= 0.3 is 0 Å². The molecule has 7 heteroatoms. The second-order valence-electron chi connectivity index (χ2n) is 3.19. The van der Waals surface area contributed by atoms with Crippen molar-refractivity contribution in [3.05, 3.63) is 34.0 Å². The summed E-state index contributed by atoms with van der Waals surface area (Å²) in [6.45, 7) is 0. The van der Waals surface area contributed by atoms with Gasteiger partial charge in [0.2, 0.25) is 0 Å². The first-order chi connectivity index (χ1) is 7.99. The number of aromatic nitrogens is 1. The van der Waals surface area contributed by atoms with E-state index >= 15 is 0 Å². The number of halogens is 2. The van der Waals surface area contributed by atoms with Crippen molar-refractivity contribution in [2.24, 2.45) is 5.73 Å². The Labute approximate surface area is 104 Å². The highest BCUT2D eigenvalue weighted by atomic mass is 35.5. The molecule has 0 radical (unpaired) electrons. The fraction of sp³-hybridized carbons (Fsp3) is 0. The summed E-state index contributed by atoms with van der Waals surface area (Å²) in [5, 5.41) is 10.9. The van der Waals surface area contributed by atoms with E-state index < -0.39 is 11.7 Å². The van der Waals surface area contributed by atoms with Crippen molar-refractivity contribution in [2.45, 2.75) is 0 Å². The van der Waals surface area contributed by atoms with Gasteiger partial charge in [-0.25, -0.2) is 9.37 Å². The molecule has 1 heterocycles. The zero-order valence-corrected chi connectivity index (χ0v) is 9.85. The summed E-state index contributed by atoms with van der Waals surface area (Å²) < 4.78 is 13.6. The first kappa shape index (κ1) is 11.8. The van der Waals surface area contributed by atoms with Crippen molar-refractivity contribution in [3.8, 4) is 16.3 Å². The highest BCUT2D eigenvalue weighted by Crippen LogP contribution is 2.33. The lowest BCUT2D eigenvalue weighted by Gasteiger charge is -2.02. The number of primary amides is 1. The number of benzene rings is 1. The molecule has 1 aromatic heterocycles. The summed E-state index contributed by atoms with van der Waals surface area (Å²) in [6.07, 6.45) is 0. The van der Waals surface area contributed by atoms with Crippen LogP contribution in [0.2, 0.25) is 5.02 Å². The van der Waals surface area contributed by atoms with Crippen LogP contribution < -0.4 is 5.73 Å². The Balaban J connectivity index is 2.52. The maximum absolute atomic E-state index is 13.6. The number of amides is 1. The van der Waals surface area contributed by atoms with Gasteiger partial charge in [-0.3, -0.25) is 4.79 Å². The fourth-order valence-corrected chi connectivity index (χ4v) is 2.20. The van der Waals surface area contributed by atoms with E-state index in [0.29, 0.717) is 0 Å². The SMILES string of the molecule is NC(=O)c1csc(-c2cc(Cl)c(O)cc2F)n1. The van der Waals surface area contributed by atoms with Gasteiger partial charge in [0.25, 0.3) is 5.91 Å². The predicted molar refractivity (Wildman–Crippen MR) is 62.7 cm³/mol. The number of hydrogen-bond acceptors (Lipinski definition) is 4. The number of rotatable bonds is 2. The molecule has 0 saturated heterocycles. The van der Waals surface area contributed by atoms with Crippen LogP contribution in [0.4, 0.5) is 4.39 Å². The lowest BCUT2D eigenvalue weighted by molar-refractivity contribution is 0.0996. The molecule has 2 aromatic rings. The highest BCUT2D eigenvalue weighted by molar-refractivity contribution is 7.13. The molecule has 0 aliphatic heterocycles. The van der Waals surface area contributed by atoms with Gasteiger partial charge in [-0.1, -0.05) is 11.6 Å². The van der Waals surface area contributed by atoms with Gasteiger partial charge < -0.3 is 10.8 Å². The normalized spacial score (nSPS) is 10.5. The van der Waals surface area contributed by atoms with Gasteiger partial charge in [0.15, 0.2) is 0 Å². The third-order valence-corrected chi connectivity index (χ3v) is 3.20. The molecular formula is C10H6ClFN2O2S. The Morgan fingerprint density at radius 2 is 2.24 bits per heavy atom. The smallest absolute Gasteiger partial charge is 0.268 e. The molecule has 1 aromatic carbocycles. The minimum absolute atomic E-state index is 0.0113. The van der Waals surface area contributed by atoms with E-state index in [1.54, 1.807) is 0 Å². The summed E-state index contributed by atoms with van der Waals surface area (Å²) in [5.74, 6) is -1.70. The maximum atomic E-state index is 13.6. The number of hydrogen-bond donors (Lipinski definition) is 2. The van der Waals surface area contributed by atoms with Crippen molar-refractivity contribution in [1.29, 1.82) is 0 Å². The quantitative estimate of drug-likeness (QED) is 0.881. The molecular weight excluding hydrogens is 267 g/mol. The minimum Gasteiger partial charge on any atom is -0.506 e. The van der Waals surface area contributed by atoms with E-state index in [2.05, 4.69) is 4.98 Å². The van der Waals surface area contributed by atoms with E-state index in [1.807, 2.05) is 0 Å². The lowest BCUT2D eigenvalue weighted by atomic mass is 10.2. The topological polar surface area (TPSA) is 76.2 Å². The second kappa shape index (κ2) is 4.31. The average Bonchev–Trinajstić information content (AvgIpc) is 2.72. The molecule has 0 aliphatic rings. The van der Waals surface area contributed by atoms with Crippen LogP contribution in [-0.4, -0.2) is 16.0 Å². The van der Waals surface area contributed by atoms with Gasteiger partial charge in [0, 0.05) is 17.0 Å². The van der Waals surface area contributed by atoms with Crippen molar-refractivity contribution in [1.82, 2.24) is 4.98 Å². The molecule has 88 valence electrons. The van der Waals surface area contributed by atoms with Crippen molar-refractivity contribution >= 4 is 28.8 Å². The maximum Gasteiger partial charge on any atom is 0.268 e. The molecule has 17 heavy (non-hydrogen) atoms. The van der Waals surface area contributed by atoms with E-state index in [-0.39, 0.29) is 27.0 Å². The van der Waals surface area contributed by atoms with E-state index in [1.165, 1.54) is 11.4 Å². The van der Waals surface area contributed by atoms with Gasteiger partial charge in [-0.15, -0.1) is 11.3 Å². The average molecular weight is 273 g/mol. The summed E-state index contributed by atoms with van der Waals surface area (Å²) in [5.41, 5.74) is 5.22. The fourth-order valence-electron chi connectivity index (χ4n) is 1.21. The number of nitrogens with zero attached hydrogens (tertiary/aromatic N) is 1. The molecule has 2 rings (SSSR count). The van der Waals surface area contributed by atoms with Crippen molar-refractivity contribution in [2.75, 3.05) is 0 Å². The van der Waals surface area contributed by atoms with E-state index in [4.69, 9.17) is 17.3 Å². The molecule has 0 fully saturated rings. The third kappa shape index (κ3) is 2.22. The number of thiazole rings is 1. The van der Waals surface area contributed by atoms with Gasteiger partial charge in [0.1, 0.15) is 22.3 Å². The van der Waals surface area contributed by atoms with Crippen LogP contribution in [0.5, 0.6) is 5.75 Å². The molecule has 0 spiro atoms. The molecule has 0 bridgehead atoms. The van der Waals surface area contributed by atoms with Crippen LogP contribution in [-0.2, 0) is 0 Å². The van der Waals surface area contributed by atoms with Crippen LogP contribution >= 0.6 is 22.9 Å².